The van der Waals surface area contributed by atoms with Gasteiger partial charge in [-0.05, 0) is 49.9 Å². The van der Waals surface area contributed by atoms with Gasteiger partial charge in [0.1, 0.15) is 11.9 Å². The van der Waals surface area contributed by atoms with Crippen LogP contribution in [0.5, 0.6) is 0 Å². The van der Waals surface area contributed by atoms with Crippen LogP contribution in [-0.4, -0.2) is 31.9 Å². The lowest BCUT2D eigenvalue weighted by Crippen LogP contribution is -2.19. The maximum Gasteiger partial charge on any atom is 0.413 e. The van der Waals surface area contributed by atoms with Gasteiger partial charge in [0.15, 0.2) is 0 Å². The average Bonchev–Trinajstić information content (AvgIpc) is 3.64. The molecule has 2 aromatic carbocycles. The third kappa shape index (κ3) is 4.45. The summed E-state index contributed by atoms with van der Waals surface area (Å²) in [5, 5.41) is 16.7. The van der Waals surface area contributed by atoms with E-state index in [2.05, 4.69) is 15.4 Å². The molecule has 0 radical (unpaired) electrons. The molecular formula is C28H26N4O4. The van der Waals surface area contributed by atoms with Crippen LogP contribution >= 0.6 is 0 Å². The predicted octanol–water partition coefficient (Wildman–Crippen LogP) is 5.67. The van der Waals surface area contributed by atoms with Crippen molar-refractivity contribution in [1.29, 1.82) is 0 Å². The molecule has 1 aliphatic rings. The quantitative estimate of drug-likeness (QED) is 0.352. The summed E-state index contributed by atoms with van der Waals surface area (Å²) >= 11 is 0. The molecule has 5 rings (SSSR count). The Kier molecular flexibility index (Phi) is 6.01. The highest BCUT2D eigenvalue weighted by Gasteiger charge is 2.51. The van der Waals surface area contributed by atoms with Gasteiger partial charge in [0, 0.05) is 11.1 Å². The van der Waals surface area contributed by atoms with E-state index in [1.54, 1.807) is 17.1 Å². The fourth-order valence-electron chi connectivity index (χ4n) is 4.25. The van der Waals surface area contributed by atoms with Crippen LogP contribution in [-0.2, 0) is 14.9 Å². The Balaban J connectivity index is 1.30. The number of aromatic nitrogens is 3. The molecule has 2 aromatic heterocycles. The van der Waals surface area contributed by atoms with Gasteiger partial charge in [0.25, 0.3) is 0 Å². The largest absolute Gasteiger partial charge is 0.481 e. The van der Waals surface area contributed by atoms with Crippen LogP contribution in [0.2, 0.25) is 0 Å². The van der Waals surface area contributed by atoms with Crippen molar-refractivity contribution >= 4 is 17.9 Å². The summed E-state index contributed by atoms with van der Waals surface area (Å²) in [6.07, 6.45) is 3.72. The summed E-state index contributed by atoms with van der Waals surface area (Å²) < 4.78 is 7.15. The SMILES string of the molecule is Cc1cnn(-c2ccc(-c3ccc(C4(C(=O)O)CC4)cc3)nc2)c1NC(=O)OC(C)c1ccccc1. The minimum atomic E-state index is -0.768. The third-order valence-corrected chi connectivity index (χ3v) is 6.61. The maximum atomic E-state index is 12.6. The number of anilines is 1. The van der Waals surface area contributed by atoms with Gasteiger partial charge in [-0.3, -0.25) is 15.1 Å². The standard InChI is InChI=1S/C28H26N4O4/c1-18-16-30-32(25(18)31-27(35)36-19(2)20-6-4-3-5-7-20)23-12-13-24(29-17-23)21-8-10-22(11-9-21)28(14-15-28)26(33)34/h3-13,16-17,19H,14-15H2,1-2H3,(H,31,35)(H,33,34). The number of carboxylic acid groups (broad SMARTS) is 1. The van der Waals surface area contributed by atoms with E-state index in [-0.39, 0.29) is 0 Å². The molecule has 1 aliphatic carbocycles. The van der Waals surface area contributed by atoms with E-state index in [0.29, 0.717) is 24.3 Å². The number of rotatable bonds is 7. The van der Waals surface area contributed by atoms with Crippen LogP contribution in [0.25, 0.3) is 16.9 Å². The Labute approximate surface area is 208 Å². The second-order valence-corrected chi connectivity index (χ2v) is 9.04. The molecule has 1 amide bonds. The fourth-order valence-corrected chi connectivity index (χ4v) is 4.25. The monoisotopic (exact) mass is 482 g/mol. The molecule has 0 saturated heterocycles. The smallest absolute Gasteiger partial charge is 0.413 e. The molecule has 0 bridgehead atoms. The number of ether oxygens (including phenoxy) is 1. The van der Waals surface area contributed by atoms with E-state index < -0.39 is 23.6 Å². The first-order valence-corrected chi connectivity index (χ1v) is 11.8. The van der Waals surface area contributed by atoms with Crippen LogP contribution in [0.15, 0.2) is 79.1 Å². The van der Waals surface area contributed by atoms with Gasteiger partial charge in [-0.1, -0.05) is 54.6 Å². The highest BCUT2D eigenvalue weighted by Crippen LogP contribution is 2.48. The van der Waals surface area contributed by atoms with Gasteiger partial charge in [-0.15, -0.1) is 0 Å². The number of carboxylic acids is 1. The normalized spacial score (nSPS) is 14.6. The molecule has 36 heavy (non-hydrogen) atoms. The minimum absolute atomic E-state index is 0.402. The highest BCUT2D eigenvalue weighted by atomic mass is 16.6. The maximum absolute atomic E-state index is 12.6. The zero-order chi connectivity index (χ0) is 25.3. The number of nitrogens with zero attached hydrogens (tertiary/aromatic N) is 3. The van der Waals surface area contributed by atoms with Gasteiger partial charge in [0.05, 0.1) is 29.2 Å². The topological polar surface area (TPSA) is 106 Å². The molecule has 4 aromatic rings. The summed E-state index contributed by atoms with van der Waals surface area (Å²) in [4.78, 5) is 28.7. The number of hydrogen-bond donors (Lipinski definition) is 2. The molecular weight excluding hydrogens is 456 g/mol. The number of nitrogens with one attached hydrogen (secondary N) is 1. The predicted molar refractivity (Wildman–Crippen MR) is 135 cm³/mol. The van der Waals surface area contributed by atoms with Crippen LogP contribution in [0.1, 0.15) is 42.6 Å². The molecule has 8 heteroatoms. The average molecular weight is 483 g/mol. The molecule has 2 N–H and O–H groups in total. The van der Waals surface area contributed by atoms with Crippen LogP contribution in [0.4, 0.5) is 10.6 Å². The molecule has 1 saturated carbocycles. The van der Waals surface area contributed by atoms with Gasteiger partial charge in [-0.25, -0.2) is 9.48 Å². The van der Waals surface area contributed by atoms with Gasteiger partial charge in [0.2, 0.25) is 0 Å². The third-order valence-electron chi connectivity index (χ3n) is 6.61. The van der Waals surface area contributed by atoms with E-state index in [1.165, 1.54) is 0 Å². The molecule has 1 atom stereocenters. The van der Waals surface area contributed by atoms with Crippen LogP contribution in [0.3, 0.4) is 0 Å². The Morgan fingerprint density at radius 2 is 1.75 bits per heavy atom. The summed E-state index contributed by atoms with van der Waals surface area (Å²) in [6.45, 7) is 3.67. The number of carbonyl (C=O) groups excluding carboxylic acids is 1. The van der Waals surface area contributed by atoms with E-state index in [9.17, 15) is 14.7 Å². The lowest BCUT2D eigenvalue weighted by atomic mass is 9.95. The van der Waals surface area contributed by atoms with Gasteiger partial charge < -0.3 is 9.84 Å². The molecule has 8 nitrogen and oxygen atoms in total. The summed E-state index contributed by atoms with van der Waals surface area (Å²) in [5.41, 5.74) is 4.11. The van der Waals surface area contributed by atoms with Crippen molar-refractivity contribution in [3.05, 3.63) is 95.8 Å². The number of benzene rings is 2. The number of aryl methyl sites for hydroxylation is 1. The first kappa shape index (κ1) is 23.3. The molecule has 2 heterocycles. The second-order valence-electron chi connectivity index (χ2n) is 9.04. The Bertz CT molecular complexity index is 1390. The Morgan fingerprint density at radius 1 is 1.03 bits per heavy atom. The number of aliphatic carboxylic acids is 1. The molecule has 1 unspecified atom stereocenters. The molecule has 182 valence electrons. The number of hydrogen-bond acceptors (Lipinski definition) is 5. The van der Waals surface area contributed by atoms with Crippen molar-refractivity contribution in [2.24, 2.45) is 0 Å². The van der Waals surface area contributed by atoms with Crippen molar-refractivity contribution < 1.29 is 19.4 Å². The minimum Gasteiger partial charge on any atom is -0.481 e. The number of carbonyl (C=O) groups is 2. The highest BCUT2D eigenvalue weighted by molar-refractivity contribution is 5.85. The van der Waals surface area contributed by atoms with Crippen LogP contribution < -0.4 is 5.32 Å². The van der Waals surface area contributed by atoms with E-state index in [1.807, 2.05) is 80.6 Å². The molecule has 0 aliphatic heterocycles. The van der Waals surface area contributed by atoms with Gasteiger partial charge in [-0.2, -0.15) is 5.10 Å². The second kappa shape index (κ2) is 9.30. The zero-order valence-corrected chi connectivity index (χ0v) is 20.0. The van der Waals surface area contributed by atoms with Crippen molar-refractivity contribution in [2.45, 2.75) is 38.2 Å². The fraction of sp³-hybridized carbons (Fsp3) is 0.214. The van der Waals surface area contributed by atoms with E-state index in [4.69, 9.17) is 4.74 Å². The number of pyridine rings is 1. The van der Waals surface area contributed by atoms with Crippen molar-refractivity contribution in [3.8, 4) is 16.9 Å². The number of amides is 1. The van der Waals surface area contributed by atoms with Crippen LogP contribution in [0, 0.1) is 6.92 Å². The summed E-state index contributed by atoms with van der Waals surface area (Å²) in [7, 11) is 0. The first-order chi connectivity index (χ1) is 17.4. The van der Waals surface area contributed by atoms with Crippen molar-refractivity contribution in [2.75, 3.05) is 5.32 Å². The van der Waals surface area contributed by atoms with Crippen molar-refractivity contribution in [3.63, 3.8) is 0 Å². The van der Waals surface area contributed by atoms with Crippen molar-refractivity contribution in [1.82, 2.24) is 14.8 Å². The van der Waals surface area contributed by atoms with E-state index in [0.717, 1.165) is 27.9 Å². The van der Waals surface area contributed by atoms with E-state index >= 15 is 0 Å². The zero-order valence-electron chi connectivity index (χ0n) is 20.0. The first-order valence-electron chi connectivity index (χ1n) is 11.8. The lowest BCUT2D eigenvalue weighted by molar-refractivity contribution is -0.140. The van der Waals surface area contributed by atoms with Gasteiger partial charge >= 0.3 is 12.1 Å². The lowest BCUT2D eigenvalue weighted by Gasteiger charge is -2.15. The molecule has 0 spiro atoms. The Morgan fingerprint density at radius 3 is 2.36 bits per heavy atom. The summed E-state index contributed by atoms with van der Waals surface area (Å²) in [5.74, 6) is -0.266. The Hall–Kier alpha value is -4.46. The summed E-state index contributed by atoms with van der Waals surface area (Å²) in [6, 6.07) is 20.8. The molecule has 1 fully saturated rings.